The summed E-state index contributed by atoms with van der Waals surface area (Å²) in [7, 11) is 0. The van der Waals surface area contributed by atoms with Gasteiger partial charge in [-0.15, -0.1) is 0 Å². The van der Waals surface area contributed by atoms with Crippen molar-refractivity contribution >= 4 is 23.2 Å². The van der Waals surface area contributed by atoms with Crippen LogP contribution in [0.3, 0.4) is 0 Å². The Hall–Kier alpha value is -2.62. The first kappa shape index (κ1) is 22.8. The first-order valence-corrected chi connectivity index (χ1v) is 13.7. The van der Waals surface area contributed by atoms with Crippen LogP contribution in [0.25, 0.3) is 0 Å². The third kappa shape index (κ3) is 3.55. The smallest absolute Gasteiger partial charge is 0.235 e. The molecule has 0 radical (unpaired) electrons. The van der Waals surface area contributed by atoms with Crippen LogP contribution in [0.5, 0.6) is 0 Å². The zero-order chi connectivity index (χ0) is 24.2. The topological polar surface area (TPSA) is 49.4 Å². The third-order valence-electron chi connectivity index (χ3n) is 10.6. The van der Waals surface area contributed by atoms with Gasteiger partial charge in [-0.05, 0) is 97.8 Å². The SMILES string of the molecule is C[C@]12CCC(=O)N[C@@H]1CC[C@@H]1[C@@H]2CC[C@]2(C)[C@@H](C(=O)N(c3ccccc3)c3ccccc3)CC[C@@H]12. The van der Waals surface area contributed by atoms with E-state index in [1.807, 2.05) is 41.3 Å². The summed E-state index contributed by atoms with van der Waals surface area (Å²) >= 11 is 0. The van der Waals surface area contributed by atoms with E-state index in [0.29, 0.717) is 30.2 Å². The van der Waals surface area contributed by atoms with Gasteiger partial charge in [0.25, 0.3) is 0 Å². The molecule has 1 saturated heterocycles. The molecule has 1 aliphatic heterocycles. The Bertz CT molecular complexity index is 1060. The number of benzene rings is 2. The van der Waals surface area contributed by atoms with Gasteiger partial charge >= 0.3 is 0 Å². The summed E-state index contributed by atoms with van der Waals surface area (Å²) in [5.74, 6) is 2.47. The Kier molecular flexibility index (Phi) is 5.54. The number of hydrogen-bond donors (Lipinski definition) is 1. The molecular weight excluding hydrogens is 432 g/mol. The predicted molar refractivity (Wildman–Crippen MR) is 139 cm³/mol. The molecule has 7 atom stereocenters. The summed E-state index contributed by atoms with van der Waals surface area (Å²) in [5, 5.41) is 3.34. The molecule has 184 valence electrons. The lowest BCUT2D eigenvalue weighted by Crippen LogP contribution is -2.61. The van der Waals surface area contributed by atoms with Crippen molar-refractivity contribution in [1.82, 2.24) is 5.32 Å². The second kappa shape index (κ2) is 8.50. The molecule has 0 unspecified atom stereocenters. The van der Waals surface area contributed by atoms with Crippen molar-refractivity contribution in [2.45, 2.75) is 71.3 Å². The molecule has 1 N–H and O–H groups in total. The number of rotatable bonds is 3. The molecule has 4 fully saturated rings. The van der Waals surface area contributed by atoms with Gasteiger partial charge in [-0.25, -0.2) is 0 Å². The van der Waals surface area contributed by atoms with Crippen molar-refractivity contribution in [2.24, 2.45) is 34.5 Å². The minimum atomic E-state index is 0.0428. The minimum absolute atomic E-state index is 0.0428. The summed E-state index contributed by atoms with van der Waals surface area (Å²) in [4.78, 5) is 28.5. The highest BCUT2D eigenvalue weighted by Crippen LogP contribution is 2.65. The van der Waals surface area contributed by atoms with Gasteiger partial charge in [-0.1, -0.05) is 50.2 Å². The van der Waals surface area contributed by atoms with Crippen LogP contribution in [0.15, 0.2) is 60.7 Å². The molecule has 3 aliphatic carbocycles. The van der Waals surface area contributed by atoms with E-state index >= 15 is 0 Å². The quantitative estimate of drug-likeness (QED) is 0.557. The third-order valence-corrected chi connectivity index (χ3v) is 10.6. The Labute approximate surface area is 209 Å². The Morgan fingerprint density at radius 2 is 1.43 bits per heavy atom. The van der Waals surface area contributed by atoms with Crippen molar-refractivity contribution < 1.29 is 9.59 Å². The molecule has 2 aromatic carbocycles. The highest BCUT2D eigenvalue weighted by Gasteiger charge is 2.61. The van der Waals surface area contributed by atoms with Crippen LogP contribution >= 0.6 is 0 Å². The maximum Gasteiger partial charge on any atom is 0.235 e. The monoisotopic (exact) mass is 470 g/mol. The fourth-order valence-electron chi connectivity index (χ4n) is 8.82. The number of amides is 2. The van der Waals surface area contributed by atoms with Crippen molar-refractivity contribution in [3.8, 4) is 0 Å². The highest BCUT2D eigenvalue weighted by atomic mass is 16.2. The average Bonchev–Trinajstić information content (AvgIpc) is 3.23. The molecule has 1 heterocycles. The van der Waals surface area contributed by atoms with E-state index in [4.69, 9.17) is 0 Å². The van der Waals surface area contributed by atoms with Gasteiger partial charge in [-0.2, -0.15) is 0 Å². The second-order valence-electron chi connectivity index (χ2n) is 12.1. The molecule has 4 aliphatic rings. The number of hydrogen-bond acceptors (Lipinski definition) is 2. The first-order chi connectivity index (χ1) is 16.9. The summed E-state index contributed by atoms with van der Waals surface area (Å²) < 4.78 is 0. The van der Waals surface area contributed by atoms with Gasteiger partial charge in [0.1, 0.15) is 0 Å². The van der Waals surface area contributed by atoms with Crippen LogP contribution in [-0.2, 0) is 9.59 Å². The summed E-state index contributed by atoms with van der Waals surface area (Å²) in [5.41, 5.74) is 2.16. The van der Waals surface area contributed by atoms with Crippen molar-refractivity contribution in [2.75, 3.05) is 4.90 Å². The molecule has 0 aromatic heterocycles. The molecular formula is C31H38N2O2. The van der Waals surface area contributed by atoms with E-state index in [2.05, 4.69) is 43.4 Å². The number of piperidine rings is 1. The fraction of sp³-hybridized carbons (Fsp3) is 0.548. The maximum absolute atomic E-state index is 14.4. The van der Waals surface area contributed by atoms with E-state index in [9.17, 15) is 9.59 Å². The minimum Gasteiger partial charge on any atom is -0.353 e. The number of carbonyl (C=O) groups is 2. The van der Waals surface area contributed by atoms with Gasteiger partial charge in [0.15, 0.2) is 0 Å². The molecule has 35 heavy (non-hydrogen) atoms. The van der Waals surface area contributed by atoms with Gasteiger partial charge in [-0.3, -0.25) is 14.5 Å². The summed E-state index contributed by atoms with van der Waals surface area (Å²) in [6.07, 6.45) is 8.40. The summed E-state index contributed by atoms with van der Waals surface area (Å²) in [6.45, 7) is 4.87. The normalized spacial score (nSPS) is 38.0. The van der Waals surface area contributed by atoms with Gasteiger partial charge in [0.2, 0.25) is 11.8 Å². The van der Waals surface area contributed by atoms with Crippen LogP contribution in [0.2, 0.25) is 0 Å². The molecule has 6 rings (SSSR count). The van der Waals surface area contributed by atoms with Crippen LogP contribution in [0.4, 0.5) is 11.4 Å². The van der Waals surface area contributed by atoms with Crippen LogP contribution < -0.4 is 10.2 Å². The molecule has 0 spiro atoms. The first-order valence-electron chi connectivity index (χ1n) is 13.7. The van der Waals surface area contributed by atoms with Crippen LogP contribution in [0.1, 0.15) is 65.2 Å². The Balaban J connectivity index is 1.30. The lowest BCUT2D eigenvalue weighted by Gasteiger charge is -2.60. The zero-order valence-electron chi connectivity index (χ0n) is 21.1. The average molecular weight is 471 g/mol. The van der Waals surface area contributed by atoms with Crippen molar-refractivity contribution in [3.63, 3.8) is 0 Å². The van der Waals surface area contributed by atoms with Crippen molar-refractivity contribution in [1.29, 1.82) is 0 Å². The van der Waals surface area contributed by atoms with Crippen LogP contribution in [0, 0.1) is 34.5 Å². The lowest BCUT2D eigenvalue weighted by molar-refractivity contribution is -0.140. The number of carbonyl (C=O) groups excluding carboxylic acids is 2. The van der Waals surface area contributed by atoms with Gasteiger partial charge in [0.05, 0.1) is 0 Å². The largest absolute Gasteiger partial charge is 0.353 e. The summed E-state index contributed by atoms with van der Waals surface area (Å²) in [6, 6.07) is 20.6. The van der Waals surface area contributed by atoms with E-state index in [0.717, 1.165) is 43.5 Å². The molecule has 4 heteroatoms. The second-order valence-corrected chi connectivity index (χ2v) is 12.1. The van der Waals surface area contributed by atoms with E-state index < -0.39 is 0 Å². The van der Waals surface area contributed by atoms with E-state index in [1.165, 1.54) is 12.8 Å². The Morgan fingerprint density at radius 1 is 0.800 bits per heavy atom. The zero-order valence-corrected chi connectivity index (χ0v) is 21.1. The molecule has 4 nitrogen and oxygen atoms in total. The molecule has 2 aromatic rings. The Morgan fingerprint density at radius 3 is 2.09 bits per heavy atom. The van der Waals surface area contributed by atoms with Crippen LogP contribution in [-0.4, -0.2) is 17.9 Å². The molecule has 3 saturated carbocycles. The predicted octanol–water partition coefficient (Wildman–Crippen LogP) is 6.49. The number of para-hydroxylation sites is 2. The number of fused-ring (bicyclic) bond motifs is 5. The van der Waals surface area contributed by atoms with E-state index in [-0.39, 0.29) is 28.6 Å². The standard InChI is InChI=1S/C31H38N2O2/c1-30-19-17-25-23(13-16-27-31(25,2)20-18-28(34)32-27)24(30)14-15-26(30)29(35)33(21-9-5-3-6-10-21)22-11-7-4-8-12-22/h3-12,23-27H,13-20H2,1-2H3,(H,32,34)/t23-,24-,25-,26+,27+,30-,31+/m0/s1. The van der Waals surface area contributed by atoms with Gasteiger partial charge in [0, 0.05) is 29.8 Å². The number of anilines is 2. The maximum atomic E-state index is 14.4. The molecule has 2 amide bonds. The lowest BCUT2D eigenvalue weighted by atomic mass is 9.47. The highest BCUT2D eigenvalue weighted by molar-refractivity contribution is 6.02. The fourth-order valence-corrected chi connectivity index (χ4v) is 8.82. The van der Waals surface area contributed by atoms with Crippen molar-refractivity contribution in [3.05, 3.63) is 60.7 Å². The van der Waals surface area contributed by atoms with E-state index in [1.54, 1.807) is 0 Å². The number of nitrogens with zero attached hydrogens (tertiary/aromatic N) is 1. The van der Waals surface area contributed by atoms with Gasteiger partial charge < -0.3 is 5.32 Å². The number of nitrogens with one attached hydrogen (secondary N) is 1. The molecule has 0 bridgehead atoms.